The van der Waals surface area contributed by atoms with Gasteiger partial charge in [0.15, 0.2) is 5.65 Å². The predicted molar refractivity (Wildman–Crippen MR) is 85.9 cm³/mol. The monoisotopic (exact) mass is 293 g/mol. The van der Waals surface area contributed by atoms with E-state index in [1.54, 1.807) is 0 Å². The average molecular weight is 293 g/mol. The van der Waals surface area contributed by atoms with E-state index in [9.17, 15) is 0 Å². The van der Waals surface area contributed by atoms with Crippen LogP contribution in [0.25, 0.3) is 11.2 Å². The van der Waals surface area contributed by atoms with Crippen molar-refractivity contribution in [1.82, 2.24) is 14.5 Å². The van der Waals surface area contributed by atoms with E-state index in [4.69, 9.17) is 9.72 Å². The van der Waals surface area contributed by atoms with E-state index in [-0.39, 0.29) is 0 Å². The van der Waals surface area contributed by atoms with Crippen molar-refractivity contribution >= 4 is 11.2 Å². The molecule has 1 fully saturated rings. The van der Waals surface area contributed by atoms with Crippen LogP contribution in [0.3, 0.4) is 0 Å². The van der Waals surface area contributed by atoms with Crippen LogP contribution in [0.1, 0.15) is 30.1 Å². The lowest BCUT2D eigenvalue weighted by Crippen LogP contribution is -2.20. The molecule has 1 unspecified atom stereocenters. The summed E-state index contributed by atoms with van der Waals surface area (Å²) in [4.78, 5) is 9.41. The fourth-order valence-electron chi connectivity index (χ4n) is 3.15. The Bertz CT molecular complexity index is 760. The van der Waals surface area contributed by atoms with Crippen molar-refractivity contribution in [2.24, 2.45) is 0 Å². The molecule has 1 saturated heterocycles. The number of fused-ring (bicyclic) bond motifs is 1. The van der Waals surface area contributed by atoms with Crippen molar-refractivity contribution in [2.45, 2.75) is 25.3 Å². The van der Waals surface area contributed by atoms with Crippen LogP contribution in [0.15, 0.2) is 48.7 Å². The van der Waals surface area contributed by atoms with E-state index in [0.717, 1.165) is 49.6 Å². The van der Waals surface area contributed by atoms with Crippen molar-refractivity contribution in [3.63, 3.8) is 0 Å². The Morgan fingerprint density at radius 1 is 1.14 bits per heavy atom. The number of imidazole rings is 1. The molecule has 0 spiro atoms. The first-order valence-electron chi connectivity index (χ1n) is 7.84. The van der Waals surface area contributed by atoms with Gasteiger partial charge in [0, 0.05) is 18.7 Å². The number of nitrogens with zero attached hydrogens (tertiary/aromatic N) is 3. The molecule has 112 valence electrons. The zero-order valence-electron chi connectivity index (χ0n) is 12.5. The summed E-state index contributed by atoms with van der Waals surface area (Å²) in [5.74, 6) is 1.48. The van der Waals surface area contributed by atoms with Crippen LogP contribution in [0, 0.1) is 0 Å². The highest BCUT2D eigenvalue weighted by atomic mass is 16.5. The first-order valence-corrected chi connectivity index (χ1v) is 7.84. The van der Waals surface area contributed by atoms with Crippen LogP contribution in [-0.4, -0.2) is 27.7 Å². The second-order valence-corrected chi connectivity index (χ2v) is 5.80. The second kappa shape index (κ2) is 5.89. The Morgan fingerprint density at radius 3 is 2.86 bits per heavy atom. The number of rotatable bonds is 3. The molecule has 4 rings (SSSR count). The molecule has 4 nitrogen and oxygen atoms in total. The van der Waals surface area contributed by atoms with E-state index in [1.807, 2.05) is 24.4 Å². The van der Waals surface area contributed by atoms with Gasteiger partial charge in [0.2, 0.25) is 0 Å². The smallest absolute Gasteiger partial charge is 0.160 e. The summed E-state index contributed by atoms with van der Waals surface area (Å²) in [6.07, 6.45) is 4.08. The maximum absolute atomic E-state index is 5.66. The van der Waals surface area contributed by atoms with Gasteiger partial charge in [0.25, 0.3) is 0 Å². The summed E-state index contributed by atoms with van der Waals surface area (Å²) >= 11 is 0. The molecule has 0 radical (unpaired) electrons. The summed E-state index contributed by atoms with van der Waals surface area (Å²) in [5, 5.41) is 0. The highest BCUT2D eigenvalue weighted by Gasteiger charge is 2.23. The Balaban J connectivity index is 1.79. The zero-order chi connectivity index (χ0) is 14.8. The molecule has 0 amide bonds. The molecular weight excluding hydrogens is 274 g/mol. The lowest BCUT2D eigenvalue weighted by atomic mass is 10.0. The third-order valence-electron chi connectivity index (χ3n) is 4.24. The molecule has 1 atom stereocenters. The van der Waals surface area contributed by atoms with Crippen LogP contribution in [0.4, 0.5) is 0 Å². The van der Waals surface area contributed by atoms with Gasteiger partial charge >= 0.3 is 0 Å². The Hall–Kier alpha value is -2.20. The number of hydrogen-bond donors (Lipinski definition) is 0. The standard InChI is InChI=1S/C18H19N3O/c1-2-6-14(7-3-1)12-21-17(15-8-5-11-22-13-15)20-16-9-4-10-19-18(16)21/h1-4,6-7,9-10,15H,5,8,11-13H2. The molecule has 1 aromatic carbocycles. The van der Waals surface area contributed by atoms with Gasteiger partial charge in [-0.2, -0.15) is 0 Å². The quantitative estimate of drug-likeness (QED) is 0.743. The maximum Gasteiger partial charge on any atom is 0.160 e. The van der Waals surface area contributed by atoms with Gasteiger partial charge in [-0.15, -0.1) is 0 Å². The summed E-state index contributed by atoms with van der Waals surface area (Å²) in [6.45, 7) is 2.44. The zero-order valence-corrected chi connectivity index (χ0v) is 12.5. The van der Waals surface area contributed by atoms with E-state index in [1.165, 1.54) is 5.56 Å². The fourth-order valence-corrected chi connectivity index (χ4v) is 3.15. The van der Waals surface area contributed by atoms with E-state index in [0.29, 0.717) is 5.92 Å². The van der Waals surface area contributed by atoms with E-state index >= 15 is 0 Å². The van der Waals surface area contributed by atoms with Crippen molar-refractivity contribution in [2.75, 3.05) is 13.2 Å². The van der Waals surface area contributed by atoms with Gasteiger partial charge in [0.1, 0.15) is 11.3 Å². The minimum atomic E-state index is 0.367. The molecule has 1 aliphatic rings. The van der Waals surface area contributed by atoms with Crippen LogP contribution in [0.2, 0.25) is 0 Å². The fraction of sp³-hybridized carbons (Fsp3) is 0.333. The van der Waals surface area contributed by atoms with Crippen molar-refractivity contribution < 1.29 is 4.74 Å². The number of pyridine rings is 1. The second-order valence-electron chi connectivity index (χ2n) is 5.80. The minimum absolute atomic E-state index is 0.367. The Kier molecular flexibility index (Phi) is 3.60. The summed E-state index contributed by atoms with van der Waals surface area (Å²) in [7, 11) is 0. The summed E-state index contributed by atoms with van der Waals surface area (Å²) in [5.41, 5.74) is 3.20. The van der Waals surface area contributed by atoms with Gasteiger partial charge in [0.05, 0.1) is 13.2 Å². The summed E-state index contributed by atoms with van der Waals surface area (Å²) < 4.78 is 7.92. The highest BCUT2D eigenvalue weighted by Crippen LogP contribution is 2.28. The number of hydrogen-bond acceptors (Lipinski definition) is 3. The minimum Gasteiger partial charge on any atom is -0.381 e. The van der Waals surface area contributed by atoms with E-state index in [2.05, 4.69) is 33.8 Å². The molecule has 0 N–H and O–H groups in total. The highest BCUT2D eigenvalue weighted by molar-refractivity contribution is 5.71. The Morgan fingerprint density at radius 2 is 2.05 bits per heavy atom. The van der Waals surface area contributed by atoms with Crippen LogP contribution < -0.4 is 0 Å². The largest absolute Gasteiger partial charge is 0.381 e. The number of aromatic nitrogens is 3. The van der Waals surface area contributed by atoms with Crippen molar-refractivity contribution in [1.29, 1.82) is 0 Å². The number of benzene rings is 1. The van der Waals surface area contributed by atoms with Crippen LogP contribution >= 0.6 is 0 Å². The molecule has 1 aliphatic heterocycles. The van der Waals surface area contributed by atoms with Gasteiger partial charge in [-0.3, -0.25) is 0 Å². The molecule has 0 saturated carbocycles. The third kappa shape index (κ3) is 2.50. The molecule has 2 aromatic heterocycles. The molecule has 22 heavy (non-hydrogen) atoms. The lowest BCUT2D eigenvalue weighted by molar-refractivity contribution is 0.0772. The van der Waals surface area contributed by atoms with Gasteiger partial charge in [-0.25, -0.2) is 9.97 Å². The number of ether oxygens (including phenoxy) is 1. The molecule has 3 heterocycles. The molecular formula is C18H19N3O. The van der Waals surface area contributed by atoms with E-state index < -0.39 is 0 Å². The van der Waals surface area contributed by atoms with Gasteiger partial charge in [-0.1, -0.05) is 30.3 Å². The molecule has 3 aromatic rings. The van der Waals surface area contributed by atoms with Crippen LogP contribution in [-0.2, 0) is 11.3 Å². The van der Waals surface area contributed by atoms with Crippen molar-refractivity contribution in [3.8, 4) is 0 Å². The van der Waals surface area contributed by atoms with Crippen LogP contribution in [0.5, 0.6) is 0 Å². The van der Waals surface area contributed by atoms with Crippen molar-refractivity contribution in [3.05, 3.63) is 60.0 Å². The van der Waals surface area contributed by atoms with Gasteiger partial charge < -0.3 is 9.30 Å². The molecule has 0 bridgehead atoms. The Labute approximate surface area is 129 Å². The first kappa shape index (κ1) is 13.5. The average Bonchev–Trinajstić information content (AvgIpc) is 2.95. The maximum atomic E-state index is 5.66. The SMILES string of the molecule is c1ccc(Cn2c(C3CCCOC3)nc3cccnc32)cc1. The summed E-state index contributed by atoms with van der Waals surface area (Å²) in [6, 6.07) is 14.5. The van der Waals surface area contributed by atoms with Gasteiger partial charge in [-0.05, 0) is 30.5 Å². The molecule has 0 aliphatic carbocycles. The topological polar surface area (TPSA) is 39.9 Å². The third-order valence-corrected chi connectivity index (χ3v) is 4.24. The lowest BCUT2D eigenvalue weighted by Gasteiger charge is -2.22. The predicted octanol–water partition coefficient (Wildman–Crippen LogP) is 3.37. The molecule has 4 heteroatoms. The normalized spacial score (nSPS) is 18.6. The first-order chi connectivity index (χ1) is 10.9.